The molecule has 0 aliphatic heterocycles. The molecule has 3 N–H and O–H groups in total. The lowest BCUT2D eigenvalue weighted by molar-refractivity contribution is 0.0952. The monoisotopic (exact) mass is 220 g/mol. The molecule has 0 radical (unpaired) electrons. The quantitative estimate of drug-likeness (QED) is 0.501. The first-order chi connectivity index (χ1) is 7.63. The second-order valence-electron chi connectivity index (χ2n) is 3.18. The van der Waals surface area contributed by atoms with Gasteiger partial charge in [-0.25, -0.2) is 0 Å². The average molecular weight is 220 g/mol. The molecule has 1 aromatic rings. The molecular weight excluding hydrogens is 208 g/mol. The highest BCUT2D eigenvalue weighted by Gasteiger charge is 2.06. The summed E-state index contributed by atoms with van der Waals surface area (Å²) in [5.41, 5.74) is -0.393. The summed E-state index contributed by atoms with van der Waals surface area (Å²) in [6, 6.07) is 2.31. The molecule has 1 rings (SSSR count). The van der Waals surface area contributed by atoms with Gasteiger partial charge in [0, 0.05) is 25.1 Å². The Morgan fingerprint density at radius 3 is 2.94 bits per heavy atom. The van der Waals surface area contributed by atoms with E-state index in [1.54, 1.807) is 0 Å². The number of amides is 1. The summed E-state index contributed by atoms with van der Waals surface area (Å²) in [5.74, 6) is 1.72. The Labute approximate surface area is 92.5 Å². The van der Waals surface area contributed by atoms with Gasteiger partial charge in [0.05, 0.1) is 5.56 Å². The third kappa shape index (κ3) is 3.50. The summed E-state index contributed by atoms with van der Waals surface area (Å²) in [6.07, 6.45) is 6.32. The Balaban J connectivity index is 2.60. The fourth-order valence-corrected chi connectivity index (χ4v) is 1.15. The van der Waals surface area contributed by atoms with E-state index in [9.17, 15) is 9.59 Å². The highest BCUT2D eigenvalue weighted by molar-refractivity contribution is 5.94. The molecule has 0 aromatic carbocycles. The van der Waals surface area contributed by atoms with Crippen LogP contribution in [-0.2, 0) is 0 Å². The molecule has 5 heteroatoms. The maximum Gasteiger partial charge on any atom is 0.251 e. The van der Waals surface area contributed by atoms with Crippen LogP contribution in [0.15, 0.2) is 16.9 Å². The number of unbranched alkanes of at least 4 members (excludes halogenated alkanes) is 1. The molecule has 0 saturated carbocycles. The number of carbonyl (C=O) groups excluding carboxylic acids is 1. The molecule has 0 atom stereocenters. The topological polar surface area (TPSA) is 82.2 Å². The first-order valence-corrected chi connectivity index (χ1v) is 4.78. The van der Waals surface area contributed by atoms with E-state index in [0.717, 1.165) is 6.07 Å². The number of pyridine rings is 1. The number of carbonyl (C=O) groups is 1. The number of aromatic nitrogens is 1. The largest absolute Gasteiger partial charge is 0.494 e. The van der Waals surface area contributed by atoms with Crippen molar-refractivity contribution in [1.29, 1.82) is 0 Å². The number of aromatic hydroxyl groups is 1. The molecule has 0 aliphatic rings. The highest BCUT2D eigenvalue weighted by Crippen LogP contribution is 2.03. The number of hydrogen-bond donors (Lipinski definition) is 3. The molecule has 1 aromatic heterocycles. The first kappa shape index (κ1) is 11.9. The van der Waals surface area contributed by atoms with E-state index >= 15 is 0 Å². The van der Waals surface area contributed by atoms with Crippen LogP contribution < -0.4 is 10.9 Å². The van der Waals surface area contributed by atoms with E-state index in [0.29, 0.717) is 19.4 Å². The zero-order chi connectivity index (χ0) is 12.0. The Kier molecular flexibility index (Phi) is 4.16. The minimum Gasteiger partial charge on any atom is -0.494 e. The minimum atomic E-state index is -0.520. The smallest absolute Gasteiger partial charge is 0.251 e. The lowest BCUT2D eigenvalue weighted by atomic mass is 10.2. The summed E-state index contributed by atoms with van der Waals surface area (Å²) in [4.78, 5) is 24.6. The van der Waals surface area contributed by atoms with Gasteiger partial charge in [-0.2, -0.15) is 0 Å². The van der Waals surface area contributed by atoms with Crippen LogP contribution in [0.2, 0.25) is 0 Å². The van der Waals surface area contributed by atoms with Gasteiger partial charge in [0.25, 0.3) is 11.5 Å². The normalized spacial score (nSPS) is 9.44. The zero-order valence-corrected chi connectivity index (χ0v) is 8.62. The van der Waals surface area contributed by atoms with Crippen LogP contribution in [0.3, 0.4) is 0 Å². The third-order valence-electron chi connectivity index (χ3n) is 1.88. The fourth-order valence-electron chi connectivity index (χ4n) is 1.15. The van der Waals surface area contributed by atoms with Crippen molar-refractivity contribution < 1.29 is 9.90 Å². The Morgan fingerprint density at radius 2 is 2.31 bits per heavy atom. The summed E-state index contributed by atoms with van der Waals surface area (Å²) in [7, 11) is 0. The van der Waals surface area contributed by atoms with Gasteiger partial charge in [0.1, 0.15) is 0 Å². The summed E-state index contributed by atoms with van der Waals surface area (Å²) >= 11 is 0. The van der Waals surface area contributed by atoms with Crippen LogP contribution in [0.5, 0.6) is 5.88 Å². The van der Waals surface area contributed by atoms with Crippen molar-refractivity contribution in [2.75, 3.05) is 6.54 Å². The molecule has 0 fully saturated rings. The van der Waals surface area contributed by atoms with Crippen LogP contribution in [-0.4, -0.2) is 22.5 Å². The zero-order valence-electron chi connectivity index (χ0n) is 8.62. The van der Waals surface area contributed by atoms with Crippen LogP contribution in [0.1, 0.15) is 23.2 Å². The van der Waals surface area contributed by atoms with E-state index < -0.39 is 11.5 Å². The molecule has 84 valence electrons. The van der Waals surface area contributed by atoms with Crippen LogP contribution in [0, 0.1) is 12.3 Å². The van der Waals surface area contributed by atoms with Crippen LogP contribution in [0.4, 0.5) is 0 Å². The fraction of sp³-hybridized carbons (Fsp3) is 0.273. The van der Waals surface area contributed by atoms with Gasteiger partial charge in [-0.1, -0.05) is 0 Å². The van der Waals surface area contributed by atoms with Gasteiger partial charge in [-0.15, -0.1) is 12.3 Å². The van der Waals surface area contributed by atoms with Gasteiger partial charge in [-0.3, -0.25) is 14.6 Å². The van der Waals surface area contributed by atoms with Crippen LogP contribution in [0.25, 0.3) is 0 Å². The van der Waals surface area contributed by atoms with E-state index in [4.69, 9.17) is 11.5 Å². The maximum atomic E-state index is 11.5. The minimum absolute atomic E-state index is 0.127. The first-order valence-electron chi connectivity index (χ1n) is 4.78. The van der Waals surface area contributed by atoms with Gasteiger partial charge in [0.2, 0.25) is 0 Å². The Morgan fingerprint density at radius 1 is 1.56 bits per heavy atom. The van der Waals surface area contributed by atoms with Gasteiger partial charge < -0.3 is 10.4 Å². The van der Waals surface area contributed by atoms with Crippen LogP contribution >= 0.6 is 0 Å². The number of aromatic amines is 1. The molecule has 0 spiro atoms. The van der Waals surface area contributed by atoms with E-state index in [1.807, 2.05) is 0 Å². The van der Waals surface area contributed by atoms with Crippen molar-refractivity contribution in [1.82, 2.24) is 10.3 Å². The van der Waals surface area contributed by atoms with Gasteiger partial charge in [0.15, 0.2) is 5.88 Å². The molecule has 5 nitrogen and oxygen atoms in total. The van der Waals surface area contributed by atoms with Crippen molar-refractivity contribution in [3.05, 3.63) is 28.0 Å². The number of nitrogens with one attached hydrogen (secondary N) is 2. The Hall–Kier alpha value is -2.22. The Bertz CT molecular complexity index is 471. The SMILES string of the molecule is C#CCCCNC(=O)c1cc(O)[nH]c(=O)c1. The predicted molar refractivity (Wildman–Crippen MR) is 59.1 cm³/mol. The second kappa shape index (κ2) is 5.61. The number of H-pyrrole nitrogens is 1. The van der Waals surface area contributed by atoms with Crippen molar-refractivity contribution in [3.8, 4) is 18.2 Å². The number of rotatable bonds is 4. The van der Waals surface area contributed by atoms with E-state index in [-0.39, 0.29) is 11.4 Å². The van der Waals surface area contributed by atoms with Crippen molar-refractivity contribution in [2.45, 2.75) is 12.8 Å². The highest BCUT2D eigenvalue weighted by atomic mass is 16.3. The predicted octanol–water partition coefficient (Wildman–Crippen LogP) is 0.224. The van der Waals surface area contributed by atoms with Crippen molar-refractivity contribution in [3.63, 3.8) is 0 Å². The average Bonchev–Trinajstić information content (AvgIpc) is 2.22. The summed E-state index contributed by atoms with van der Waals surface area (Å²) in [5, 5.41) is 11.7. The third-order valence-corrected chi connectivity index (χ3v) is 1.88. The van der Waals surface area contributed by atoms with Gasteiger partial charge in [-0.05, 0) is 6.42 Å². The lowest BCUT2D eigenvalue weighted by Crippen LogP contribution is -2.25. The number of hydrogen-bond acceptors (Lipinski definition) is 3. The molecule has 0 bridgehead atoms. The molecule has 1 amide bonds. The molecule has 0 unspecified atom stereocenters. The maximum absolute atomic E-state index is 11.5. The molecular formula is C11H12N2O3. The molecule has 0 aliphatic carbocycles. The molecule has 16 heavy (non-hydrogen) atoms. The van der Waals surface area contributed by atoms with Crippen molar-refractivity contribution >= 4 is 5.91 Å². The van der Waals surface area contributed by atoms with E-state index in [1.165, 1.54) is 6.07 Å². The summed E-state index contributed by atoms with van der Waals surface area (Å²) in [6.45, 7) is 0.441. The van der Waals surface area contributed by atoms with Gasteiger partial charge >= 0.3 is 0 Å². The molecule has 1 heterocycles. The number of terminal acetylenes is 1. The summed E-state index contributed by atoms with van der Waals surface area (Å²) < 4.78 is 0. The van der Waals surface area contributed by atoms with E-state index in [2.05, 4.69) is 16.2 Å². The lowest BCUT2D eigenvalue weighted by Gasteiger charge is -2.03. The molecule has 0 saturated heterocycles. The van der Waals surface area contributed by atoms with Crippen molar-refractivity contribution in [2.24, 2.45) is 0 Å². The standard InChI is InChI=1S/C11H12N2O3/c1-2-3-4-5-12-11(16)8-6-9(14)13-10(15)7-8/h1,6-7H,3-5H2,(H,12,16)(H2,13,14,15). The second-order valence-corrected chi connectivity index (χ2v) is 3.18.